The predicted octanol–water partition coefficient (Wildman–Crippen LogP) is 3.17. The zero-order valence-corrected chi connectivity index (χ0v) is 19.5. The van der Waals surface area contributed by atoms with Crippen molar-refractivity contribution in [2.45, 2.75) is 19.8 Å². The fourth-order valence-electron chi connectivity index (χ4n) is 3.01. The minimum atomic E-state index is 0. The molecule has 0 aliphatic carbocycles. The molecular formula is C21H29IN6O. The number of fused-ring (bicyclic) bond motifs is 1. The average Bonchev–Trinajstić information content (AvgIpc) is 3.12. The summed E-state index contributed by atoms with van der Waals surface area (Å²) >= 11 is 0. The number of benzene rings is 1. The predicted molar refractivity (Wildman–Crippen MR) is 127 cm³/mol. The standard InChI is InChI=1S/C21H28N6O.HI/c1-17-9-4-5-10-18(17)28-16-15-26(3)21(22-2)23-13-8-12-20-25-24-19-11-6-7-14-27(19)20;/h4-7,9-11,14H,8,12-13,15-16H2,1-3H3,(H,22,23);1H. The summed E-state index contributed by atoms with van der Waals surface area (Å²) in [4.78, 5) is 6.43. The van der Waals surface area contributed by atoms with Crippen LogP contribution in [0.3, 0.4) is 0 Å². The lowest BCUT2D eigenvalue weighted by molar-refractivity contribution is 0.280. The van der Waals surface area contributed by atoms with Crippen LogP contribution >= 0.6 is 24.0 Å². The third kappa shape index (κ3) is 6.31. The van der Waals surface area contributed by atoms with Crippen LogP contribution in [0.5, 0.6) is 5.75 Å². The SMILES string of the molecule is CN=C(NCCCc1nnc2ccccn12)N(C)CCOc1ccccc1C.I. The van der Waals surface area contributed by atoms with Crippen LogP contribution in [0.4, 0.5) is 0 Å². The average molecular weight is 508 g/mol. The maximum atomic E-state index is 5.88. The number of aliphatic imine (C=N–C) groups is 1. The molecule has 0 amide bonds. The molecule has 0 radical (unpaired) electrons. The van der Waals surface area contributed by atoms with Crippen LogP contribution in [0.25, 0.3) is 5.65 Å². The van der Waals surface area contributed by atoms with E-state index in [1.807, 2.05) is 54.0 Å². The topological polar surface area (TPSA) is 67.0 Å². The summed E-state index contributed by atoms with van der Waals surface area (Å²) in [5.41, 5.74) is 2.03. The van der Waals surface area contributed by atoms with Crippen molar-refractivity contribution in [3.8, 4) is 5.75 Å². The molecule has 29 heavy (non-hydrogen) atoms. The van der Waals surface area contributed by atoms with Crippen LogP contribution in [-0.2, 0) is 6.42 Å². The summed E-state index contributed by atoms with van der Waals surface area (Å²) in [6.45, 7) is 4.23. The molecule has 0 atom stereocenters. The highest BCUT2D eigenvalue weighted by molar-refractivity contribution is 14.0. The van der Waals surface area contributed by atoms with E-state index in [1.165, 1.54) is 0 Å². The van der Waals surface area contributed by atoms with Gasteiger partial charge in [-0.2, -0.15) is 0 Å². The number of rotatable bonds is 8. The number of ether oxygens (including phenoxy) is 1. The molecule has 8 heteroatoms. The molecule has 0 unspecified atom stereocenters. The van der Waals surface area contributed by atoms with Gasteiger partial charge in [-0.05, 0) is 37.1 Å². The van der Waals surface area contributed by atoms with Gasteiger partial charge in [0.1, 0.15) is 18.2 Å². The van der Waals surface area contributed by atoms with Crippen LogP contribution < -0.4 is 10.1 Å². The van der Waals surface area contributed by atoms with E-state index in [0.717, 1.165) is 54.7 Å². The minimum Gasteiger partial charge on any atom is -0.491 e. The van der Waals surface area contributed by atoms with Gasteiger partial charge >= 0.3 is 0 Å². The Kier molecular flexibility index (Phi) is 9.17. The third-order valence-corrected chi connectivity index (χ3v) is 4.60. The second-order valence-electron chi connectivity index (χ2n) is 6.66. The number of hydrogen-bond donors (Lipinski definition) is 1. The smallest absolute Gasteiger partial charge is 0.193 e. The molecule has 0 saturated carbocycles. The van der Waals surface area contributed by atoms with E-state index in [-0.39, 0.29) is 24.0 Å². The molecule has 0 spiro atoms. The normalized spacial score (nSPS) is 11.2. The first-order valence-electron chi connectivity index (χ1n) is 9.58. The van der Waals surface area contributed by atoms with E-state index in [9.17, 15) is 0 Å². The van der Waals surface area contributed by atoms with Crippen molar-refractivity contribution in [1.29, 1.82) is 0 Å². The lowest BCUT2D eigenvalue weighted by Crippen LogP contribution is -2.41. The van der Waals surface area contributed by atoms with Crippen molar-refractivity contribution in [2.75, 3.05) is 33.8 Å². The zero-order chi connectivity index (χ0) is 19.8. The first kappa shape index (κ1) is 22.9. The minimum absolute atomic E-state index is 0. The van der Waals surface area contributed by atoms with Gasteiger partial charge in [0, 0.05) is 33.3 Å². The van der Waals surface area contributed by atoms with E-state index in [1.54, 1.807) is 7.05 Å². The Morgan fingerprint density at radius 3 is 2.76 bits per heavy atom. The highest BCUT2D eigenvalue weighted by atomic mass is 127. The number of pyridine rings is 1. The maximum absolute atomic E-state index is 5.88. The first-order chi connectivity index (χ1) is 13.7. The number of aryl methyl sites for hydroxylation is 2. The van der Waals surface area contributed by atoms with Gasteiger partial charge in [-0.1, -0.05) is 24.3 Å². The molecule has 0 saturated heterocycles. The van der Waals surface area contributed by atoms with Gasteiger partial charge in [-0.25, -0.2) is 0 Å². The van der Waals surface area contributed by atoms with Gasteiger partial charge < -0.3 is 15.0 Å². The van der Waals surface area contributed by atoms with Gasteiger partial charge in [0.15, 0.2) is 11.6 Å². The number of aromatic nitrogens is 3. The van der Waals surface area contributed by atoms with E-state index in [2.05, 4.69) is 38.4 Å². The quantitative estimate of drug-likeness (QED) is 0.219. The van der Waals surface area contributed by atoms with Crippen LogP contribution in [0.1, 0.15) is 17.8 Å². The van der Waals surface area contributed by atoms with E-state index >= 15 is 0 Å². The molecule has 156 valence electrons. The van der Waals surface area contributed by atoms with Gasteiger partial charge in [0.05, 0.1) is 6.54 Å². The van der Waals surface area contributed by atoms with E-state index in [0.29, 0.717) is 6.61 Å². The Hall–Kier alpha value is -2.36. The van der Waals surface area contributed by atoms with Crippen LogP contribution in [0.2, 0.25) is 0 Å². The maximum Gasteiger partial charge on any atom is 0.193 e. The van der Waals surface area contributed by atoms with Crippen molar-refractivity contribution in [1.82, 2.24) is 24.8 Å². The molecular weight excluding hydrogens is 479 g/mol. The summed E-state index contributed by atoms with van der Waals surface area (Å²) in [6.07, 6.45) is 3.80. The molecule has 7 nitrogen and oxygen atoms in total. The van der Waals surface area contributed by atoms with Crippen LogP contribution in [0.15, 0.2) is 53.7 Å². The Morgan fingerprint density at radius 2 is 1.97 bits per heavy atom. The lowest BCUT2D eigenvalue weighted by atomic mass is 10.2. The summed E-state index contributed by atoms with van der Waals surface area (Å²) in [6, 6.07) is 14.0. The Balaban J connectivity index is 0.00000300. The molecule has 0 bridgehead atoms. The molecule has 0 aliphatic heterocycles. The monoisotopic (exact) mass is 508 g/mol. The number of guanidine groups is 1. The molecule has 0 aliphatic rings. The largest absolute Gasteiger partial charge is 0.491 e. The number of hydrogen-bond acceptors (Lipinski definition) is 4. The number of nitrogens with zero attached hydrogens (tertiary/aromatic N) is 5. The van der Waals surface area contributed by atoms with Crippen molar-refractivity contribution in [3.63, 3.8) is 0 Å². The summed E-state index contributed by atoms with van der Waals surface area (Å²) in [5, 5.41) is 11.9. The number of halogens is 1. The number of likely N-dealkylation sites (N-methyl/N-ethyl adjacent to an activating group) is 1. The fraction of sp³-hybridized carbons (Fsp3) is 0.381. The van der Waals surface area contributed by atoms with Gasteiger partial charge in [-0.15, -0.1) is 34.2 Å². The van der Waals surface area contributed by atoms with E-state index < -0.39 is 0 Å². The van der Waals surface area contributed by atoms with Gasteiger partial charge in [0.25, 0.3) is 0 Å². The molecule has 1 N–H and O–H groups in total. The third-order valence-electron chi connectivity index (χ3n) is 4.60. The summed E-state index contributed by atoms with van der Waals surface area (Å²) < 4.78 is 7.91. The highest BCUT2D eigenvalue weighted by Crippen LogP contribution is 2.15. The van der Waals surface area contributed by atoms with Crippen molar-refractivity contribution >= 4 is 35.6 Å². The van der Waals surface area contributed by atoms with E-state index in [4.69, 9.17) is 4.74 Å². The zero-order valence-electron chi connectivity index (χ0n) is 17.2. The Labute approximate surface area is 189 Å². The Bertz CT molecular complexity index is 926. The molecule has 3 rings (SSSR count). The first-order valence-corrected chi connectivity index (χ1v) is 9.58. The number of nitrogens with one attached hydrogen (secondary N) is 1. The van der Waals surface area contributed by atoms with Crippen molar-refractivity contribution in [3.05, 3.63) is 60.0 Å². The fourth-order valence-corrected chi connectivity index (χ4v) is 3.01. The second kappa shape index (κ2) is 11.6. The van der Waals surface area contributed by atoms with Crippen LogP contribution in [0, 0.1) is 6.92 Å². The molecule has 2 heterocycles. The Morgan fingerprint density at radius 1 is 1.17 bits per heavy atom. The van der Waals surface area contributed by atoms with Crippen molar-refractivity contribution in [2.24, 2.45) is 4.99 Å². The lowest BCUT2D eigenvalue weighted by Gasteiger charge is -2.22. The second-order valence-corrected chi connectivity index (χ2v) is 6.66. The molecule has 1 aromatic carbocycles. The molecule has 3 aromatic rings. The summed E-state index contributed by atoms with van der Waals surface area (Å²) in [5.74, 6) is 2.77. The summed E-state index contributed by atoms with van der Waals surface area (Å²) in [7, 11) is 3.82. The molecule has 2 aromatic heterocycles. The highest BCUT2D eigenvalue weighted by Gasteiger charge is 2.08. The van der Waals surface area contributed by atoms with Gasteiger partial charge in [0.2, 0.25) is 0 Å². The van der Waals surface area contributed by atoms with Crippen LogP contribution in [-0.4, -0.2) is 59.2 Å². The van der Waals surface area contributed by atoms with Crippen molar-refractivity contribution < 1.29 is 4.74 Å². The van der Waals surface area contributed by atoms with Gasteiger partial charge in [-0.3, -0.25) is 9.39 Å². The molecule has 0 fully saturated rings. The number of para-hydroxylation sites is 1.